The Labute approximate surface area is 196 Å². The Balaban J connectivity index is 0.00000320. The molecule has 0 radical (unpaired) electrons. The Morgan fingerprint density at radius 2 is 1.93 bits per heavy atom. The second-order valence-corrected chi connectivity index (χ2v) is 7.30. The molecule has 0 saturated heterocycles. The fourth-order valence-corrected chi connectivity index (χ4v) is 3.16. The Morgan fingerprint density at radius 1 is 1.17 bits per heavy atom. The number of hydrogen-bond acceptors (Lipinski definition) is 3. The molecule has 0 aliphatic heterocycles. The number of amides is 1. The molecule has 6 nitrogen and oxygen atoms in total. The van der Waals surface area contributed by atoms with Crippen LogP contribution in [0.3, 0.4) is 0 Å². The van der Waals surface area contributed by atoms with Crippen LogP contribution in [0, 0.1) is 5.92 Å². The molecule has 2 aromatic carbocycles. The molecule has 1 amide bonds. The minimum Gasteiger partial charge on any atom is -0.492 e. The maximum atomic E-state index is 12.1. The quantitative estimate of drug-likeness (QED) is 0.311. The molecule has 0 unspecified atom stereocenters. The summed E-state index contributed by atoms with van der Waals surface area (Å²) in [7, 11) is 3.76. The van der Waals surface area contributed by atoms with Crippen molar-refractivity contribution < 1.29 is 9.53 Å². The molecule has 1 saturated carbocycles. The maximum Gasteiger partial charge on any atom is 0.227 e. The molecule has 30 heavy (non-hydrogen) atoms. The molecule has 0 aromatic heterocycles. The van der Waals surface area contributed by atoms with E-state index in [4.69, 9.17) is 4.74 Å². The third kappa shape index (κ3) is 7.19. The number of benzene rings is 2. The van der Waals surface area contributed by atoms with Gasteiger partial charge in [0.1, 0.15) is 12.4 Å². The molecule has 7 heteroatoms. The van der Waals surface area contributed by atoms with Crippen molar-refractivity contribution in [3.63, 3.8) is 0 Å². The number of guanidine groups is 1. The average molecular weight is 522 g/mol. The van der Waals surface area contributed by atoms with E-state index in [0.29, 0.717) is 19.7 Å². The average Bonchev–Trinajstić information content (AvgIpc) is 2.68. The van der Waals surface area contributed by atoms with Crippen molar-refractivity contribution in [2.24, 2.45) is 10.9 Å². The van der Waals surface area contributed by atoms with Gasteiger partial charge in [0.2, 0.25) is 5.91 Å². The van der Waals surface area contributed by atoms with Gasteiger partial charge >= 0.3 is 0 Å². The molecular formula is C23H31IN4O2. The largest absolute Gasteiger partial charge is 0.492 e. The summed E-state index contributed by atoms with van der Waals surface area (Å²) in [5.41, 5.74) is 1.94. The summed E-state index contributed by atoms with van der Waals surface area (Å²) in [6, 6.07) is 17.7. The number of carbonyl (C=O) groups is 1. The highest BCUT2D eigenvalue weighted by Crippen LogP contribution is 2.27. The summed E-state index contributed by atoms with van der Waals surface area (Å²) >= 11 is 0. The number of nitrogens with zero attached hydrogens (tertiary/aromatic N) is 2. The van der Waals surface area contributed by atoms with Crippen LogP contribution >= 0.6 is 24.0 Å². The molecule has 0 heterocycles. The Kier molecular flexibility index (Phi) is 9.93. The Morgan fingerprint density at radius 3 is 2.60 bits per heavy atom. The van der Waals surface area contributed by atoms with Crippen molar-refractivity contribution in [2.45, 2.75) is 25.8 Å². The van der Waals surface area contributed by atoms with E-state index in [2.05, 4.69) is 15.6 Å². The minimum absolute atomic E-state index is 0. The second kappa shape index (κ2) is 12.4. The van der Waals surface area contributed by atoms with Crippen molar-refractivity contribution in [3.05, 3.63) is 60.2 Å². The van der Waals surface area contributed by atoms with Crippen LogP contribution < -0.4 is 15.4 Å². The Bertz CT molecular complexity index is 825. The van der Waals surface area contributed by atoms with Gasteiger partial charge in [-0.3, -0.25) is 9.79 Å². The first-order chi connectivity index (χ1) is 14.2. The predicted molar refractivity (Wildman–Crippen MR) is 133 cm³/mol. The molecule has 3 rings (SSSR count). The van der Waals surface area contributed by atoms with Crippen LogP contribution in [-0.2, 0) is 11.3 Å². The summed E-state index contributed by atoms with van der Waals surface area (Å²) in [5.74, 6) is 1.98. The van der Waals surface area contributed by atoms with Crippen molar-refractivity contribution >= 4 is 41.5 Å². The number of nitrogens with one attached hydrogen (secondary N) is 2. The third-order valence-corrected chi connectivity index (χ3v) is 5.13. The van der Waals surface area contributed by atoms with Gasteiger partial charge in [-0.1, -0.05) is 36.8 Å². The SMILES string of the molecule is CN=C(NCc1cccc(NC(=O)C2CCC2)c1)N(C)CCOc1ccccc1.I. The molecule has 0 bridgehead atoms. The lowest BCUT2D eigenvalue weighted by Gasteiger charge is -2.24. The van der Waals surface area contributed by atoms with E-state index in [1.807, 2.05) is 66.5 Å². The lowest BCUT2D eigenvalue weighted by atomic mass is 9.85. The summed E-state index contributed by atoms with van der Waals surface area (Å²) in [6.45, 7) is 1.92. The predicted octanol–water partition coefficient (Wildman–Crippen LogP) is 4.13. The summed E-state index contributed by atoms with van der Waals surface area (Å²) in [5, 5.41) is 6.40. The van der Waals surface area contributed by atoms with Crippen LogP contribution in [0.4, 0.5) is 5.69 Å². The highest BCUT2D eigenvalue weighted by atomic mass is 127. The minimum atomic E-state index is 0. The van der Waals surface area contributed by atoms with E-state index in [-0.39, 0.29) is 35.8 Å². The topological polar surface area (TPSA) is 66.0 Å². The number of rotatable bonds is 8. The van der Waals surface area contributed by atoms with E-state index in [9.17, 15) is 4.79 Å². The number of aliphatic imine (C=N–C) groups is 1. The highest BCUT2D eigenvalue weighted by Gasteiger charge is 2.25. The summed E-state index contributed by atoms with van der Waals surface area (Å²) in [6.07, 6.45) is 3.17. The molecule has 2 N–H and O–H groups in total. The van der Waals surface area contributed by atoms with Crippen molar-refractivity contribution in [2.75, 3.05) is 32.6 Å². The van der Waals surface area contributed by atoms with Gasteiger partial charge in [-0.2, -0.15) is 0 Å². The standard InChI is InChI=1S/C23H30N4O2.HI/c1-24-23(27(2)14-15-29-21-12-4-3-5-13-21)25-17-18-8-6-11-20(16-18)26-22(28)19-9-7-10-19;/h3-6,8,11-13,16,19H,7,9-10,14-15,17H2,1-2H3,(H,24,25)(H,26,28);1H. The normalized spacial score (nSPS) is 13.6. The smallest absolute Gasteiger partial charge is 0.227 e. The third-order valence-electron chi connectivity index (χ3n) is 5.13. The summed E-state index contributed by atoms with van der Waals surface area (Å²) in [4.78, 5) is 18.5. The number of likely N-dealkylation sites (N-methyl/N-ethyl adjacent to an activating group) is 1. The van der Waals surface area contributed by atoms with Crippen LogP contribution in [0.1, 0.15) is 24.8 Å². The van der Waals surface area contributed by atoms with Crippen molar-refractivity contribution in [3.8, 4) is 5.75 Å². The molecule has 1 aliphatic rings. The Hall–Kier alpha value is -2.29. The summed E-state index contributed by atoms with van der Waals surface area (Å²) < 4.78 is 5.76. The molecule has 0 atom stereocenters. The van der Waals surface area contributed by atoms with Crippen LogP contribution in [-0.4, -0.2) is 44.0 Å². The van der Waals surface area contributed by atoms with Gasteiger partial charge in [0.05, 0.1) is 6.54 Å². The lowest BCUT2D eigenvalue weighted by Crippen LogP contribution is -2.40. The van der Waals surface area contributed by atoms with Gasteiger partial charge in [-0.25, -0.2) is 0 Å². The zero-order chi connectivity index (χ0) is 20.5. The molecule has 1 aliphatic carbocycles. The maximum absolute atomic E-state index is 12.1. The fourth-order valence-electron chi connectivity index (χ4n) is 3.16. The van der Waals surface area contributed by atoms with Crippen molar-refractivity contribution in [1.82, 2.24) is 10.2 Å². The van der Waals surface area contributed by atoms with Crippen molar-refractivity contribution in [1.29, 1.82) is 0 Å². The van der Waals surface area contributed by atoms with Gasteiger partial charge in [-0.15, -0.1) is 24.0 Å². The van der Waals surface area contributed by atoms with Gasteiger partial charge in [0.15, 0.2) is 5.96 Å². The van der Waals surface area contributed by atoms with E-state index in [1.165, 1.54) is 0 Å². The first kappa shape index (κ1) is 24.0. The van der Waals surface area contributed by atoms with Crippen LogP contribution in [0.5, 0.6) is 5.75 Å². The van der Waals surface area contributed by atoms with E-state index >= 15 is 0 Å². The van der Waals surface area contributed by atoms with Crippen LogP contribution in [0.15, 0.2) is 59.6 Å². The molecule has 2 aromatic rings. The fraction of sp³-hybridized carbons (Fsp3) is 0.391. The molecule has 1 fully saturated rings. The van der Waals surface area contributed by atoms with E-state index in [0.717, 1.165) is 42.2 Å². The van der Waals surface area contributed by atoms with Gasteiger partial charge in [0.25, 0.3) is 0 Å². The highest BCUT2D eigenvalue weighted by molar-refractivity contribution is 14.0. The van der Waals surface area contributed by atoms with E-state index < -0.39 is 0 Å². The second-order valence-electron chi connectivity index (χ2n) is 7.30. The number of ether oxygens (including phenoxy) is 1. The monoisotopic (exact) mass is 522 g/mol. The number of anilines is 1. The van der Waals surface area contributed by atoms with Gasteiger partial charge < -0.3 is 20.3 Å². The van der Waals surface area contributed by atoms with Gasteiger partial charge in [-0.05, 0) is 42.7 Å². The van der Waals surface area contributed by atoms with Crippen LogP contribution in [0.25, 0.3) is 0 Å². The number of carbonyl (C=O) groups excluding carboxylic acids is 1. The molecular weight excluding hydrogens is 491 g/mol. The first-order valence-corrected chi connectivity index (χ1v) is 10.1. The first-order valence-electron chi connectivity index (χ1n) is 10.1. The lowest BCUT2D eigenvalue weighted by molar-refractivity contribution is -0.122. The molecule has 0 spiro atoms. The number of hydrogen-bond donors (Lipinski definition) is 2. The number of para-hydroxylation sites is 1. The van der Waals surface area contributed by atoms with E-state index in [1.54, 1.807) is 7.05 Å². The molecule has 162 valence electrons. The van der Waals surface area contributed by atoms with Crippen LogP contribution in [0.2, 0.25) is 0 Å². The zero-order valence-electron chi connectivity index (χ0n) is 17.6. The van der Waals surface area contributed by atoms with Gasteiger partial charge in [0, 0.05) is 32.2 Å². The zero-order valence-corrected chi connectivity index (χ0v) is 20.0. The number of halogens is 1.